The van der Waals surface area contributed by atoms with Crippen molar-refractivity contribution in [3.8, 4) is 5.75 Å². The molecule has 2 rings (SSSR count). The minimum absolute atomic E-state index is 0.145. The average molecular weight is 224 g/mol. The first kappa shape index (κ1) is 10.7. The van der Waals surface area contributed by atoms with Gasteiger partial charge in [0.15, 0.2) is 5.84 Å². The fraction of sp³-hybridized carbons (Fsp3) is 0.364. The zero-order valence-corrected chi connectivity index (χ0v) is 8.69. The Hall–Kier alpha value is -1.78. The highest BCUT2D eigenvalue weighted by Crippen LogP contribution is 2.28. The fourth-order valence-corrected chi connectivity index (χ4v) is 1.53. The zero-order valence-electron chi connectivity index (χ0n) is 8.69. The number of hydrogen-bond acceptors (Lipinski definition) is 3. The molecular weight excluding hydrogens is 211 g/mol. The highest BCUT2D eigenvalue weighted by atomic mass is 19.1. The van der Waals surface area contributed by atoms with Crippen LogP contribution in [0.5, 0.6) is 5.75 Å². The largest absolute Gasteiger partial charge is 0.490 e. The van der Waals surface area contributed by atoms with E-state index >= 15 is 0 Å². The van der Waals surface area contributed by atoms with Crippen LogP contribution >= 0.6 is 0 Å². The second-order valence-corrected chi connectivity index (χ2v) is 3.80. The van der Waals surface area contributed by atoms with Crippen LogP contribution in [-0.4, -0.2) is 17.1 Å². The molecule has 0 bridgehead atoms. The van der Waals surface area contributed by atoms with E-state index < -0.39 is 5.82 Å². The van der Waals surface area contributed by atoms with E-state index in [-0.39, 0.29) is 17.5 Å². The fourth-order valence-electron chi connectivity index (χ4n) is 1.53. The summed E-state index contributed by atoms with van der Waals surface area (Å²) in [7, 11) is 0. The van der Waals surface area contributed by atoms with Crippen molar-refractivity contribution in [3.63, 3.8) is 0 Å². The molecule has 1 saturated carbocycles. The quantitative estimate of drug-likeness (QED) is 0.356. The Labute approximate surface area is 92.5 Å². The summed E-state index contributed by atoms with van der Waals surface area (Å²) in [4.78, 5) is 0. The van der Waals surface area contributed by atoms with E-state index in [1.54, 1.807) is 0 Å². The number of rotatable bonds is 3. The molecule has 0 saturated heterocycles. The van der Waals surface area contributed by atoms with Gasteiger partial charge in [-0.3, -0.25) is 0 Å². The molecule has 1 aromatic rings. The van der Waals surface area contributed by atoms with Crippen LogP contribution in [0.2, 0.25) is 0 Å². The number of oxime groups is 1. The molecule has 1 aromatic carbocycles. The number of benzene rings is 1. The summed E-state index contributed by atoms with van der Waals surface area (Å²) in [5, 5.41) is 11.5. The van der Waals surface area contributed by atoms with Crippen molar-refractivity contribution in [3.05, 3.63) is 29.6 Å². The Kier molecular flexibility index (Phi) is 2.94. The van der Waals surface area contributed by atoms with Gasteiger partial charge in [-0.05, 0) is 37.5 Å². The molecule has 0 unspecified atom stereocenters. The third-order valence-electron chi connectivity index (χ3n) is 2.67. The van der Waals surface area contributed by atoms with Gasteiger partial charge in [0.05, 0.1) is 11.7 Å². The molecule has 0 aromatic heterocycles. The van der Waals surface area contributed by atoms with Crippen molar-refractivity contribution in [2.75, 3.05) is 0 Å². The van der Waals surface area contributed by atoms with Crippen LogP contribution in [0.1, 0.15) is 24.8 Å². The highest BCUT2D eigenvalue weighted by Gasteiger charge is 2.21. The molecule has 5 heteroatoms. The molecule has 0 spiro atoms. The van der Waals surface area contributed by atoms with E-state index in [1.165, 1.54) is 18.2 Å². The van der Waals surface area contributed by atoms with Gasteiger partial charge in [0, 0.05) is 0 Å². The molecule has 16 heavy (non-hydrogen) atoms. The van der Waals surface area contributed by atoms with Crippen molar-refractivity contribution in [1.82, 2.24) is 0 Å². The lowest BCUT2D eigenvalue weighted by molar-refractivity contribution is 0.120. The van der Waals surface area contributed by atoms with Crippen molar-refractivity contribution in [1.29, 1.82) is 0 Å². The lowest BCUT2D eigenvalue weighted by Crippen LogP contribution is -2.26. The summed E-state index contributed by atoms with van der Waals surface area (Å²) in [6.07, 6.45) is 3.29. The molecule has 3 N–H and O–H groups in total. The Morgan fingerprint density at radius 2 is 2.25 bits per heavy atom. The number of nitrogens with two attached hydrogens (primary N) is 1. The van der Waals surface area contributed by atoms with Gasteiger partial charge in [-0.15, -0.1) is 0 Å². The van der Waals surface area contributed by atoms with Crippen LogP contribution in [-0.2, 0) is 0 Å². The SMILES string of the molecule is NC(=NO)c1cc(F)ccc1OC1CCC1. The van der Waals surface area contributed by atoms with Crippen molar-refractivity contribution in [2.45, 2.75) is 25.4 Å². The molecule has 86 valence electrons. The molecule has 1 fully saturated rings. The van der Waals surface area contributed by atoms with E-state index in [4.69, 9.17) is 15.7 Å². The lowest BCUT2D eigenvalue weighted by atomic mass is 9.96. The van der Waals surface area contributed by atoms with E-state index in [2.05, 4.69) is 5.16 Å². The molecule has 0 amide bonds. The first-order valence-corrected chi connectivity index (χ1v) is 5.15. The van der Waals surface area contributed by atoms with Gasteiger partial charge < -0.3 is 15.7 Å². The molecule has 0 aliphatic heterocycles. The van der Waals surface area contributed by atoms with Gasteiger partial charge in [0.2, 0.25) is 0 Å². The van der Waals surface area contributed by atoms with Gasteiger partial charge in [0.25, 0.3) is 0 Å². The van der Waals surface area contributed by atoms with Crippen molar-refractivity contribution < 1.29 is 14.3 Å². The van der Waals surface area contributed by atoms with Crippen LogP contribution < -0.4 is 10.5 Å². The van der Waals surface area contributed by atoms with E-state index in [1.807, 2.05) is 0 Å². The number of hydrogen-bond donors (Lipinski definition) is 2. The zero-order chi connectivity index (χ0) is 11.5. The molecule has 4 nitrogen and oxygen atoms in total. The molecule has 1 aliphatic carbocycles. The summed E-state index contributed by atoms with van der Waals surface area (Å²) < 4.78 is 18.7. The number of nitrogens with zero attached hydrogens (tertiary/aromatic N) is 1. The second kappa shape index (κ2) is 4.38. The highest BCUT2D eigenvalue weighted by molar-refractivity contribution is 5.99. The predicted molar refractivity (Wildman–Crippen MR) is 57.2 cm³/mol. The maximum Gasteiger partial charge on any atom is 0.173 e. The third-order valence-corrected chi connectivity index (χ3v) is 2.67. The molecule has 1 aliphatic rings. The normalized spacial score (nSPS) is 16.9. The van der Waals surface area contributed by atoms with Crippen LogP contribution in [0.3, 0.4) is 0 Å². The van der Waals surface area contributed by atoms with E-state index in [0.29, 0.717) is 5.75 Å². The summed E-state index contributed by atoms with van der Waals surface area (Å²) in [6, 6.07) is 3.99. The Morgan fingerprint density at radius 3 is 2.81 bits per heavy atom. The standard InChI is InChI=1S/C11H13FN2O2/c12-7-4-5-10(16-8-2-1-3-8)9(6-7)11(13)14-15/h4-6,8,15H,1-3H2,(H2,13,14). The predicted octanol–water partition coefficient (Wildman–Crippen LogP) is 1.85. The Bertz CT molecular complexity index is 416. The maximum absolute atomic E-state index is 13.0. The molecule has 0 heterocycles. The minimum Gasteiger partial charge on any atom is -0.490 e. The van der Waals surface area contributed by atoms with Crippen molar-refractivity contribution >= 4 is 5.84 Å². The van der Waals surface area contributed by atoms with Crippen molar-refractivity contribution in [2.24, 2.45) is 10.9 Å². The van der Waals surface area contributed by atoms with Gasteiger partial charge in [-0.1, -0.05) is 5.16 Å². The minimum atomic E-state index is -0.442. The molecule has 0 atom stereocenters. The molecular formula is C11H13FN2O2. The van der Waals surface area contributed by atoms with Gasteiger partial charge in [0.1, 0.15) is 11.6 Å². The Balaban J connectivity index is 2.27. The van der Waals surface area contributed by atoms with E-state index in [9.17, 15) is 4.39 Å². The number of halogens is 1. The summed E-state index contributed by atoms with van der Waals surface area (Å²) >= 11 is 0. The Morgan fingerprint density at radius 1 is 1.50 bits per heavy atom. The maximum atomic E-state index is 13.0. The van der Waals surface area contributed by atoms with E-state index in [0.717, 1.165) is 19.3 Å². The summed E-state index contributed by atoms with van der Waals surface area (Å²) in [5.41, 5.74) is 5.74. The van der Waals surface area contributed by atoms with Gasteiger partial charge >= 0.3 is 0 Å². The molecule has 0 radical (unpaired) electrons. The lowest BCUT2D eigenvalue weighted by Gasteiger charge is -2.27. The van der Waals surface area contributed by atoms with Crippen LogP contribution in [0.4, 0.5) is 4.39 Å². The van der Waals surface area contributed by atoms with Crippen LogP contribution in [0.25, 0.3) is 0 Å². The number of ether oxygens (including phenoxy) is 1. The number of amidine groups is 1. The summed E-state index contributed by atoms with van der Waals surface area (Å²) in [5.74, 6) is -0.127. The smallest absolute Gasteiger partial charge is 0.173 e. The third kappa shape index (κ3) is 2.08. The second-order valence-electron chi connectivity index (χ2n) is 3.80. The van der Waals surface area contributed by atoms with Gasteiger partial charge in [-0.25, -0.2) is 4.39 Å². The monoisotopic (exact) mass is 224 g/mol. The van der Waals surface area contributed by atoms with Gasteiger partial charge in [-0.2, -0.15) is 0 Å². The van der Waals surface area contributed by atoms with Crippen LogP contribution in [0, 0.1) is 5.82 Å². The average Bonchev–Trinajstić information content (AvgIpc) is 2.23. The first-order chi connectivity index (χ1) is 7.70. The van der Waals surface area contributed by atoms with Crippen LogP contribution in [0.15, 0.2) is 23.4 Å². The summed E-state index contributed by atoms with van der Waals surface area (Å²) in [6.45, 7) is 0. The topological polar surface area (TPSA) is 67.8 Å². The first-order valence-electron chi connectivity index (χ1n) is 5.15.